The quantitative estimate of drug-likeness (QED) is 0.678. The third-order valence-electron chi connectivity index (χ3n) is 6.87. The number of likely N-dealkylation sites (tertiary alicyclic amines) is 1. The Kier molecular flexibility index (Phi) is 7.15. The molecule has 2 saturated heterocycles. The molecule has 1 atom stereocenters. The second-order valence-electron chi connectivity index (χ2n) is 8.90. The number of hydrogen-bond donors (Lipinski definition) is 0. The van der Waals surface area contributed by atoms with Gasteiger partial charge >= 0.3 is 0 Å². The van der Waals surface area contributed by atoms with Crippen LogP contribution in [0.1, 0.15) is 70.4 Å². The molecule has 2 aromatic heterocycles. The molecule has 0 spiro atoms. The largest absolute Gasteiger partial charge is 0.342 e. The van der Waals surface area contributed by atoms with Crippen LogP contribution < -0.4 is 4.90 Å². The molecule has 0 unspecified atom stereocenters. The molecule has 4 rings (SSSR count). The van der Waals surface area contributed by atoms with E-state index in [0.29, 0.717) is 5.91 Å². The van der Waals surface area contributed by atoms with Crippen LogP contribution in [0.15, 0.2) is 30.7 Å². The van der Waals surface area contributed by atoms with Crippen LogP contribution in [0.2, 0.25) is 0 Å². The zero-order valence-electron chi connectivity index (χ0n) is 19.0. The maximum Gasteiger partial charge on any atom is 0.225 e. The molecular formula is C25H35N5O. The van der Waals surface area contributed by atoms with Crippen LogP contribution in [-0.4, -0.2) is 51.9 Å². The van der Waals surface area contributed by atoms with Gasteiger partial charge in [-0.05, 0) is 51.0 Å². The smallest absolute Gasteiger partial charge is 0.225 e. The van der Waals surface area contributed by atoms with Crippen LogP contribution in [0, 0.1) is 5.92 Å². The van der Waals surface area contributed by atoms with Gasteiger partial charge in [0.25, 0.3) is 0 Å². The molecular weight excluding hydrogens is 386 g/mol. The summed E-state index contributed by atoms with van der Waals surface area (Å²) < 4.78 is 0. The average Bonchev–Trinajstić information content (AvgIpc) is 2.85. The van der Waals surface area contributed by atoms with E-state index in [1.807, 2.05) is 18.5 Å². The number of anilines is 1. The van der Waals surface area contributed by atoms with Crippen molar-refractivity contribution in [2.45, 2.75) is 64.7 Å². The summed E-state index contributed by atoms with van der Waals surface area (Å²) in [4.78, 5) is 31.7. The van der Waals surface area contributed by atoms with E-state index in [1.165, 1.54) is 19.3 Å². The Hall–Kier alpha value is -2.50. The number of nitrogens with zero attached hydrogens (tertiary/aromatic N) is 5. The van der Waals surface area contributed by atoms with E-state index in [0.717, 1.165) is 74.6 Å². The lowest BCUT2D eigenvalue weighted by atomic mass is 9.89. The van der Waals surface area contributed by atoms with Crippen LogP contribution in [0.5, 0.6) is 0 Å². The molecule has 0 aliphatic carbocycles. The Morgan fingerprint density at radius 1 is 1.10 bits per heavy atom. The van der Waals surface area contributed by atoms with E-state index in [-0.39, 0.29) is 11.8 Å². The molecule has 4 heterocycles. The van der Waals surface area contributed by atoms with Gasteiger partial charge in [-0.1, -0.05) is 19.9 Å². The van der Waals surface area contributed by atoms with Crippen molar-refractivity contribution < 1.29 is 4.79 Å². The number of aromatic nitrogens is 3. The van der Waals surface area contributed by atoms with E-state index in [9.17, 15) is 4.79 Å². The summed E-state index contributed by atoms with van der Waals surface area (Å²) in [5.41, 5.74) is 3.17. The Labute approximate surface area is 186 Å². The summed E-state index contributed by atoms with van der Waals surface area (Å²) in [5.74, 6) is 1.51. The predicted molar refractivity (Wildman–Crippen MR) is 124 cm³/mol. The lowest BCUT2D eigenvalue weighted by molar-refractivity contribution is -0.137. The first kappa shape index (κ1) is 21.7. The minimum Gasteiger partial charge on any atom is -0.342 e. The number of pyridine rings is 1. The summed E-state index contributed by atoms with van der Waals surface area (Å²) in [5, 5.41) is 0. The van der Waals surface area contributed by atoms with Gasteiger partial charge in [0.05, 0.1) is 5.69 Å². The summed E-state index contributed by atoms with van der Waals surface area (Å²) >= 11 is 0. The summed E-state index contributed by atoms with van der Waals surface area (Å²) in [7, 11) is 0. The predicted octanol–water partition coefficient (Wildman–Crippen LogP) is 4.67. The van der Waals surface area contributed by atoms with Crippen LogP contribution in [0.4, 0.5) is 5.95 Å². The molecule has 6 heteroatoms. The van der Waals surface area contributed by atoms with E-state index in [4.69, 9.17) is 9.97 Å². The highest BCUT2D eigenvalue weighted by Gasteiger charge is 2.31. The molecule has 2 aromatic rings. The first-order valence-corrected chi connectivity index (χ1v) is 12.0. The second kappa shape index (κ2) is 10.2. The third kappa shape index (κ3) is 4.89. The van der Waals surface area contributed by atoms with E-state index in [2.05, 4.69) is 34.7 Å². The van der Waals surface area contributed by atoms with Crippen molar-refractivity contribution in [3.8, 4) is 11.1 Å². The third-order valence-corrected chi connectivity index (χ3v) is 6.87. The Morgan fingerprint density at radius 2 is 1.90 bits per heavy atom. The number of amides is 1. The minimum atomic E-state index is 0.130. The number of carbonyl (C=O) groups is 1. The van der Waals surface area contributed by atoms with Gasteiger partial charge in [0.2, 0.25) is 11.9 Å². The van der Waals surface area contributed by atoms with Crippen molar-refractivity contribution in [3.05, 3.63) is 36.4 Å². The van der Waals surface area contributed by atoms with E-state index < -0.39 is 0 Å². The lowest BCUT2D eigenvalue weighted by Crippen LogP contribution is -2.42. The topological polar surface area (TPSA) is 62.2 Å². The average molecular weight is 422 g/mol. The fourth-order valence-electron chi connectivity index (χ4n) is 4.98. The maximum absolute atomic E-state index is 13.1. The van der Waals surface area contributed by atoms with Crippen molar-refractivity contribution in [1.29, 1.82) is 0 Å². The van der Waals surface area contributed by atoms with Crippen molar-refractivity contribution in [3.63, 3.8) is 0 Å². The van der Waals surface area contributed by atoms with Gasteiger partial charge in [0.1, 0.15) is 0 Å². The molecule has 2 fully saturated rings. The molecule has 2 aliphatic heterocycles. The number of rotatable bonds is 6. The SMILES string of the molecule is CCC(CC)C(=O)N1CCC[C@H](c2nc(N3CCCCC3)ncc2-c2cccnc2)C1. The van der Waals surface area contributed by atoms with Gasteiger partial charge in [-0.2, -0.15) is 0 Å². The van der Waals surface area contributed by atoms with Crippen molar-refractivity contribution in [2.75, 3.05) is 31.1 Å². The minimum absolute atomic E-state index is 0.130. The van der Waals surface area contributed by atoms with E-state index >= 15 is 0 Å². The molecule has 31 heavy (non-hydrogen) atoms. The Balaban J connectivity index is 1.66. The molecule has 0 aromatic carbocycles. The summed E-state index contributed by atoms with van der Waals surface area (Å²) in [6, 6.07) is 4.03. The first-order chi connectivity index (χ1) is 15.2. The zero-order chi connectivity index (χ0) is 21.6. The van der Waals surface area contributed by atoms with Crippen LogP contribution in [0.3, 0.4) is 0 Å². The van der Waals surface area contributed by atoms with Crippen LogP contribution in [0.25, 0.3) is 11.1 Å². The summed E-state index contributed by atoms with van der Waals surface area (Å²) in [6.45, 7) is 7.88. The highest BCUT2D eigenvalue weighted by molar-refractivity contribution is 5.79. The second-order valence-corrected chi connectivity index (χ2v) is 8.90. The monoisotopic (exact) mass is 421 g/mol. The normalized spacial score (nSPS) is 19.6. The first-order valence-electron chi connectivity index (χ1n) is 12.0. The van der Waals surface area contributed by atoms with Gasteiger partial charge in [0.15, 0.2) is 0 Å². The zero-order valence-corrected chi connectivity index (χ0v) is 19.0. The molecule has 2 aliphatic rings. The lowest BCUT2D eigenvalue weighted by Gasteiger charge is -2.35. The maximum atomic E-state index is 13.1. The number of carbonyl (C=O) groups excluding carboxylic acids is 1. The highest BCUT2D eigenvalue weighted by Crippen LogP contribution is 2.34. The van der Waals surface area contributed by atoms with Gasteiger partial charge in [0, 0.05) is 67.7 Å². The fraction of sp³-hybridized carbons (Fsp3) is 0.600. The summed E-state index contributed by atoms with van der Waals surface area (Å²) in [6.07, 6.45) is 13.2. The van der Waals surface area contributed by atoms with Gasteiger partial charge in [-0.25, -0.2) is 9.97 Å². The highest BCUT2D eigenvalue weighted by atomic mass is 16.2. The Morgan fingerprint density at radius 3 is 2.61 bits per heavy atom. The van der Waals surface area contributed by atoms with Crippen LogP contribution in [-0.2, 0) is 4.79 Å². The van der Waals surface area contributed by atoms with Gasteiger partial charge in [-0.15, -0.1) is 0 Å². The standard InChI is InChI=1S/C25H35N5O/c1-3-19(4-2)24(31)30-15-9-11-21(18-30)23-22(20-10-8-12-26-16-20)17-27-25(28-23)29-13-6-5-7-14-29/h8,10,12,16-17,19,21H,3-7,9,11,13-15,18H2,1-2H3/t21-/m0/s1. The van der Waals surface area contributed by atoms with Gasteiger partial charge in [-0.3, -0.25) is 9.78 Å². The number of piperidine rings is 2. The van der Waals surface area contributed by atoms with Crippen molar-refractivity contribution in [1.82, 2.24) is 19.9 Å². The van der Waals surface area contributed by atoms with Gasteiger partial charge < -0.3 is 9.80 Å². The van der Waals surface area contributed by atoms with E-state index in [1.54, 1.807) is 6.20 Å². The molecule has 6 nitrogen and oxygen atoms in total. The fourth-order valence-corrected chi connectivity index (χ4v) is 4.98. The Bertz CT molecular complexity index is 861. The van der Waals surface area contributed by atoms with Crippen LogP contribution >= 0.6 is 0 Å². The molecule has 0 bridgehead atoms. The number of hydrogen-bond acceptors (Lipinski definition) is 5. The molecule has 166 valence electrons. The molecule has 0 radical (unpaired) electrons. The molecule has 1 amide bonds. The molecule has 0 saturated carbocycles. The van der Waals surface area contributed by atoms with Crippen molar-refractivity contribution in [2.24, 2.45) is 5.92 Å². The van der Waals surface area contributed by atoms with Crippen molar-refractivity contribution >= 4 is 11.9 Å². The molecule has 0 N–H and O–H groups in total.